The van der Waals surface area contributed by atoms with Gasteiger partial charge >= 0.3 is 0 Å². The number of benzene rings is 3. The lowest BCUT2D eigenvalue weighted by molar-refractivity contribution is -0.142. The van der Waals surface area contributed by atoms with Crippen molar-refractivity contribution in [3.05, 3.63) is 90.0 Å². The number of hydrogen-bond donors (Lipinski definition) is 2. The zero-order valence-corrected chi connectivity index (χ0v) is 24.2. The van der Waals surface area contributed by atoms with Gasteiger partial charge in [-0.05, 0) is 67.7 Å². The van der Waals surface area contributed by atoms with E-state index in [0.29, 0.717) is 38.1 Å². The van der Waals surface area contributed by atoms with Gasteiger partial charge in [0, 0.05) is 32.1 Å². The van der Waals surface area contributed by atoms with Crippen LogP contribution in [0, 0.1) is 0 Å². The molecule has 40 heavy (non-hydrogen) atoms. The monoisotopic (exact) mass is 545 g/mol. The van der Waals surface area contributed by atoms with Crippen molar-refractivity contribution in [3.8, 4) is 5.75 Å². The SMILES string of the molecule is CCN(C(=O)/C=C/CC(C)(C)N)[C@H](Cc1ccc2ccccc2c1)C(=O)N(C)CCc1ccccc1OCCO. The van der Waals surface area contributed by atoms with Crippen molar-refractivity contribution < 1.29 is 19.4 Å². The first kappa shape index (κ1) is 30.9. The van der Waals surface area contributed by atoms with Crippen molar-refractivity contribution in [2.45, 2.75) is 51.6 Å². The van der Waals surface area contributed by atoms with Crippen molar-refractivity contribution >= 4 is 22.6 Å². The van der Waals surface area contributed by atoms with Crippen LogP contribution in [-0.4, -0.2) is 71.7 Å². The first-order chi connectivity index (χ1) is 19.1. The predicted molar refractivity (Wildman–Crippen MR) is 161 cm³/mol. The van der Waals surface area contributed by atoms with E-state index >= 15 is 0 Å². The molecule has 0 bridgehead atoms. The highest BCUT2D eigenvalue weighted by Gasteiger charge is 2.30. The van der Waals surface area contributed by atoms with Crippen LogP contribution in [0.25, 0.3) is 10.8 Å². The van der Waals surface area contributed by atoms with Gasteiger partial charge in [0.05, 0.1) is 6.61 Å². The zero-order valence-electron chi connectivity index (χ0n) is 24.2. The Morgan fingerprint density at radius 1 is 1.05 bits per heavy atom. The van der Waals surface area contributed by atoms with Gasteiger partial charge in [0.15, 0.2) is 0 Å². The second-order valence-corrected chi connectivity index (χ2v) is 10.8. The fourth-order valence-corrected chi connectivity index (χ4v) is 4.67. The molecular weight excluding hydrogens is 502 g/mol. The highest BCUT2D eigenvalue weighted by Crippen LogP contribution is 2.21. The topological polar surface area (TPSA) is 96.1 Å². The van der Waals surface area contributed by atoms with Crippen molar-refractivity contribution in [2.75, 3.05) is 33.4 Å². The number of carbonyl (C=O) groups excluding carboxylic acids is 2. The van der Waals surface area contributed by atoms with E-state index in [1.54, 1.807) is 22.9 Å². The molecule has 3 rings (SSSR count). The fraction of sp³-hybridized carbons (Fsp3) is 0.394. The molecular formula is C33H43N3O4. The van der Waals surface area contributed by atoms with Gasteiger partial charge in [0.1, 0.15) is 18.4 Å². The summed E-state index contributed by atoms with van der Waals surface area (Å²) in [6, 6.07) is 21.3. The van der Waals surface area contributed by atoms with E-state index < -0.39 is 11.6 Å². The third-order valence-corrected chi connectivity index (χ3v) is 6.85. The van der Waals surface area contributed by atoms with E-state index in [-0.39, 0.29) is 25.0 Å². The molecule has 0 aromatic heterocycles. The fourth-order valence-electron chi connectivity index (χ4n) is 4.67. The molecule has 3 aromatic carbocycles. The minimum Gasteiger partial charge on any atom is -0.491 e. The highest BCUT2D eigenvalue weighted by atomic mass is 16.5. The molecule has 0 aliphatic rings. The zero-order chi connectivity index (χ0) is 29.1. The number of carbonyl (C=O) groups is 2. The number of aliphatic hydroxyl groups excluding tert-OH is 1. The average molecular weight is 546 g/mol. The Morgan fingerprint density at radius 2 is 1.75 bits per heavy atom. The van der Waals surface area contributed by atoms with Gasteiger partial charge in [0.25, 0.3) is 0 Å². The van der Waals surface area contributed by atoms with E-state index in [2.05, 4.69) is 24.3 Å². The Kier molecular flexibility index (Phi) is 11.3. The van der Waals surface area contributed by atoms with Crippen LogP contribution in [0.15, 0.2) is 78.9 Å². The van der Waals surface area contributed by atoms with E-state index in [0.717, 1.165) is 21.9 Å². The van der Waals surface area contributed by atoms with Crippen LogP contribution in [0.3, 0.4) is 0 Å². The lowest BCUT2D eigenvalue weighted by atomic mass is 9.99. The van der Waals surface area contributed by atoms with Crippen LogP contribution in [-0.2, 0) is 22.4 Å². The molecule has 0 saturated carbocycles. The second kappa shape index (κ2) is 14.6. The summed E-state index contributed by atoms with van der Waals surface area (Å²) in [5, 5.41) is 11.4. The van der Waals surface area contributed by atoms with Crippen LogP contribution >= 0.6 is 0 Å². The minimum atomic E-state index is -0.667. The van der Waals surface area contributed by atoms with Gasteiger partial charge in [-0.3, -0.25) is 9.59 Å². The van der Waals surface area contributed by atoms with Crippen molar-refractivity contribution in [1.82, 2.24) is 9.80 Å². The molecule has 3 N–H and O–H groups in total. The van der Waals surface area contributed by atoms with Gasteiger partial charge in [-0.2, -0.15) is 0 Å². The van der Waals surface area contributed by atoms with Gasteiger partial charge in [0.2, 0.25) is 11.8 Å². The summed E-state index contributed by atoms with van der Waals surface area (Å²) in [7, 11) is 1.78. The van der Waals surface area contributed by atoms with Crippen molar-refractivity contribution in [3.63, 3.8) is 0 Å². The summed E-state index contributed by atoms with van der Waals surface area (Å²) in [6.45, 7) is 6.71. The van der Waals surface area contributed by atoms with Gasteiger partial charge < -0.3 is 25.4 Å². The Balaban J connectivity index is 1.84. The average Bonchev–Trinajstić information content (AvgIpc) is 2.93. The first-order valence-electron chi connectivity index (χ1n) is 13.9. The van der Waals surface area contributed by atoms with Crippen molar-refractivity contribution in [1.29, 1.82) is 0 Å². The largest absolute Gasteiger partial charge is 0.491 e. The molecule has 7 nitrogen and oxygen atoms in total. The molecule has 0 aliphatic carbocycles. The molecule has 0 heterocycles. The summed E-state index contributed by atoms with van der Waals surface area (Å²) in [4.78, 5) is 30.6. The van der Waals surface area contributed by atoms with Gasteiger partial charge in [-0.15, -0.1) is 0 Å². The van der Waals surface area contributed by atoms with Gasteiger partial charge in [-0.1, -0.05) is 66.7 Å². The second-order valence-electron chi connectivity index (χ2n) is 10.8. The summed E-state index contributed by atoms with van der Waals surface area (Å²) in [5.41, 5.74) is 7.61. The predicted octanol–water partition coefficient (Wildman–Crippen LogP) is 4.36. The smallest absolute Gasteiger partial charge is 0.246 e. The molecule has 3 aromatic rings. The molecule has 0 fully saturated rings. The summed E-state index contributed by atoms with van der Waals surface area (Å²) >= 11 is 0. The number of ether oxygens (including phenoxy) is 1. The number of aliphatic hydroxyl groups is 1. The summed E-state index contributed by atoms with van der Waals surface area (Å²) in [6.07, 6.45) is 4.86. The molecule has 214 valence electrons. The van der Waals surface area contributed by atoms with Crippen molar-refractivity contribution in [2.24, 2.45) is 5.73 Å². The maximum Gasteiger partial charge on any atom is 0.246 e. The van der Waals surface area contributed by atoms with Crippen LogP contribution in [0.1, 0.15) is 38.3 Å². The number of para-hydroxylation sites is 1. The lowest BCUT2D eigenvalue weighted by Crippen LogP contribution is -2.51. The normalized spacial score (nSPS) is 12.4. The van der Waals surface area contributed by atoms with Crippen LogP contribution in [0.4, 0.5) is 0 Å². The maximum absolute atomic E-state index is 14.0. The maximum atomic E-state index is 14.0. The molecule has 0 saturated heterocycles. The number of nitrogens with two attached hydrogens (primary N) is 1. The minimum absolute atomic E-state index is 0.0682. The number of hydrogen-bond acceptors (Lipinski definition) is 5. The molecule has 2 amide bonds. The van der Waals surface area contributed by atoms with Gasteiger partial charge in [-0.25, -0.2) is 0 Å². The highest BCUT2D eigenvalue weighted by molar-refractivity contribution is 5.93. The van der Waals surface area contributed by atoms with E-state index in [1.165, 1.54) is 6.08 Å². The first-order valence-corrected chi connectivity index (χ1v) is 13.9. The standard InChI is InChI=1S/C33H43N3O4/c1-5-36(31(38)15-10-19-33(2,3)34)29(24-25-16-17-26-11-6-7-13-28(26)23-25)32(39)35(4)20-18-27-12-8-9-14-30(27)40-22-21-37/h6-17,23,29,37H,5,18-22,24,34H2,1-4H3/b15-10+/t29-/m1/s1. The number of rotatable bonds is 14. The molecule has 7 heteroatoms. The lowest BCUT2D eigenvalue weighted by Gasteiger charge is -2.32. The number of amides is 2. The molecule has 0 spiro atoms. The Hall–Kier alpha value is -3.68. The van der Waals surface area contributed by atoms with Crippen LogP contribution in [0.2, 0.25) is 0 Å². The Labute approximate surface area is 238 Å². The quantitative estimate of drug-likeness (QED) is 0.294. The number of fused-ring (bicyclic) bond motifs is 1. The number of likely N-dealkylation sites (N-methyl/N-ethyl adjacent to an activating group) is 2. The Morgan fingerprint density at radius 3 is 2.45 bits per heavy atom. The number of nitrogens with zero attached hydrogens (tertiary/aromatic N) is 2. The molecule has 0 aliphatic heterocycles. The third kappa shape index (κ3) is 8.93. The summed E-state index contributed by atoms with van der Waals surface area (Å²) in [5.74, 6) is 0.371. The molecule has 1 atom stereocenters. The molecule has 0 radical (unpaired) electrons. The van der Waals surface area contributed by atoms with E-state index in [4.69, 9.17) is 15.6 Å². The summed E-state index contributed by atoms with van der Waals surface area (Å²) < 4.78 is 5.67. The van der Waals surface area contributed by atoms with E-state index in [9.17, 15) is 9.59 Å². The molecule has 0 unspecified atom stereocenters. The van der Waals surface area contributed by atoms with Crippen LogP contribution in [0.5, 0.6) is 5.75 Å². The Bertz CT molecular complexity index is 1300. The third-order valence-electron chi connectivity index (χ3n) is 6.85. The van der Waals surface area contributed by atoms with Crippen LogP contribution < -0.4 is 10.5 Å². The van der Waals surface area contributed by atoms with E-state index in [1.807, 2.05) is 63.2 Å².